The number of nitrogens with zero attached hydrogens (tertiary/aromatic N) is 4. The fraction of sp³-hybridized carbons (Fsp3) is 0.316. The van der Waals surface area contributed by atoms with E-state index in [4.69, 9.17) is 11.6 Å². The minimum Gasteiger partial charge on any atom is -0.357 e. The monoisotopic (exact) mass is 400 g/mol. The maximum Gasteiger partial charge on any atom is 0.332 e. The van der Waals surface area contributed by atoms with E-state index in [0.717, 1.165) is 16.6 Å². The first kappa shape index (κ1) is 18.5. The fourth-order valence-corrected chi connectivity index (χ4v) is 3.78. The molecular formula is C19H21ClN6O2. The van der Waals surface area contributed by atoms with Crippen molar-refractivity contribution in [3.05, 3.63) is 61.6 Å². The first-order valence-corrected chi connectivity index (χ1v) is 9.30. The normalized spacial score (nSPS) is 12.9. The van der Waals surface area contributed by atoms with Crippen LogP contribution >= 0.6 is 11.6 Å². The van der Waals surface area contributed by atoms with Gasteiger partial charge in [0, 0.05) is 35.7 Å². The number of aryl methyl sites for hydroxylation is 2. The van der Waals surface area contributed by atoms with Crippen LogP contribution in [0.25, 0.3) is 22.1 Å². The van der Waals surface area contributed by atoms with E-state index >= 15 is 0 Å². The van der Waals surface area contributed by atoms with Crippen LogP contribution in [0.2, 0.25) is 5.02 Å². The van der Waals surface area contributed by atoms with Crippen molar-refractivity contribution in [1.82, 2.24) is 29.0 Å². The van der Waals surface area contributed by atoms with Crippen LogP contribution in [0.5, 0.6) is 0 Å². The second kappa shape index (κ2) is 6.65. The molecule has 0 aliphatic carbocycles. The number of fused-ring (bicyclic) bond motifs is 2. The van der Waals surface area contributed by atoms with Gasteiger partial charge in [-0.25, -0.2) is 9.78 Å². The van der Waals surface area contributed by atoms with E-state index in [-0.39, 0.29) is 18.1 Å². The van der Waals surface area contributed by atoms with Gasteiger partial charge < -0.3 is 14.9 Å². The zero-order chi connectivity index (χ0) is 20.2. The Balaban J connectivity index is 1.91. The second-order valence-corrected chi connectivity index (χ2v) is 7.35. The van der Waals surface area contributed by atoms with E-state index in [1.54, 1.807) is 24.7 Å². The van der Waals surface area contributed by atoms with Gasteiger partial charge in [0.2, 0.25) is 0 Å². The molecule has 0 aliphatic rings. The van der Waals surface area contributed by atoms with Gasteiger partial charge in [-0.1, -0.05) is 17.7 Å². The highest BCUT2D eigenvalue weighted by Crippen LogP contribution is 2.24. The van der Waals surface area contributed by atoms with Crippen molar-refractivity contribution in [2.24, 2.45) is 14.1 Å². The quantitative estimate of drug-likeness (QED) is 0.547. The fourth-order valence-electron chi connectivity index (χ4n) is 3.55. The number of aromatic amines is 1. The van der Waals surface area contributed by atoms with E-state index < -0.39 is 5.69 Å². The van der Waals surface area contributed by atoms with Gasteiger partial charge in [0.05, 0.1) is 12.6 Å². The lowest BCUT2D eigenvalue weighted by molar-refractivity contribution is 0.589. The molecule has 0 saturated carbocycles. The lowest BCUT2D eigenvalue weighted by Gasteiger charge is -2.09. The SMILES string of the molecule is CNC(C)c1nc2c(c(=O)n(Cc3cc4c(Cl)cccc4[nH]3)c(=O)n2C)n1C. The lowest BCUT2D eigenvalue weighted by atomic mass is 10.2. The summed E-state index contributed by atoms with van der Waals surface area (Å²) in [6.07, 6.45) is 0. The molecule has 4 rings (SSSR count). The third-order valence-electron chi connectivity index (χ3n) is 5.21. The summed E-state index contributed by atoms with van der Waals surface area (Å²) in [5.74, 6) is 0.694. The average molecular weight is 401 g/mol. The molecule has 3 aromatic heterocycles. The Hall–Kier alpha value is -2.84. The molecule has 0 amide bonds. The number of nitrogens with one attached hydrogen (secondary N) is 2. The molecule has 1 atom stereocenters. The number of hydrogen-bond acceptors (Lipinski definition) is 4. The van der Waals surface area contributed by atoms with Crippen LogP contribution < -0.4 is 16.6 Å². The van der Waals surface area contributed by atoms with Gasteiger partial charge in [0.15, 0.2) is 11.2 Å². The minimum absolute atomic E-state index is 0.0591. The summed E-state index contributed by atoms with van der Waals surface area (Å²) < 4.78 is 4.38. The number of aromatic nitrogens is 5. The molecule has 9 heteroatoms. The summed E-state index contributed by atoms with van der Waals surface area (Å²) in [6.45, 7) is 2.07. The van der Waals surface area contributed by atoms with Crippen LogP contribution in [0.15, 0.2) is 33.9 Å². The Kier molecular flexibility index (Phi) is 4.40. The number of H-pyrrole nitrogens is 1. The average Bonchev–Trinajstić information content (AvgIpc) is 3.25. The molecular weight excluding hydrogens is 380 g/mol. The Morgan fingerprint density at radius 2 is 2.00 bits per heavy atom. The van der Waals surface area contributed by atoms with Crippen molar-refractivity contribution in [3.63, 3.8) is 0 Å². The highest BCUT2D eigenvalue weighted by Gasteiger charge is 2.21. The molecule has 0 fully saturated rings. The van der Waals surface area contributed by atoms with Crippen LogP contribution in [0.1, 0.15) is 24.5 Å². The van der Waals surface area contributed by atoms with E-state index in [2.05, 4.69) is 15.3 Å². The molecule has 0 spiro atoms. The zero-order valence-electron chi connectivity index (χ0n) is 16.1. The van der Waals surface area contributed by atoms with Gasteiger partial charge in [-0.2, -0.15) is 0 Å². The summed E-state index contributed by atoms with van der Waals surface area (Å²) in [7, 11) is 5.24. The van der Waals surface area contributed by atoms with E-state index in [0.29, 0.717) is 22.0 Å². The third-order valence-corrected chi connectivity index (χ3v) is 5.54. The smallest absolute Gasteiger partial charge is 0.332 e. The Morgan fingerprint density at radius 1 is 1.25 bits per heavy atom. The summed E-state index contributed by atoms with van der Waals surface area (Å²) in [5.41, 5.74) is 1.59. The summed E-state index contributed by atoms with van der Waals surface area (Å²) in [4.78, 5) is 33.8. The molecule has 4 aromatic rings. The Morgan fingerprint density at radius 3 is 2.68 bits per heavy atom. The van der Waals surface area contributed by atoms with Crippen LogP contribution in [0.3, 0.4) is 0 Å². The molecule has 0 radical (unpaired) electrons. The van der Waals surface area contributed by atoms with Gasteiger partial charge in [0.25, 0.3) is 5.56 Å². The van der Waals surface area contributed by atoms with Crippen molar-refractivity contribution in [2.75, 3.05) is 7.05 Å². The van der Waals surface area contributed by atoms with E-state index in [9.17, 15) is 9.59 Å². The molecule has 0 aliphatic heterocycles. The van der Waals surface area contributed by atoms with E-state index in [1.807, 2.05) is 32.2 Å². The number of halogens is 1. The molecule has 3 heterocycles. The van der Waals surface area contributed by atoms with Crippen molar-refractivity contribution >= 4 is 33.7 Å². The predicted octanol–water partition coefficient (Wildman–Crippen LogP) is 1.90. The maximum absolute atomic E-state index is 13.2. The van der Waals surface area contributed by atoms with Crippen LogP contribution in [-0.4, -0.2) is 30.7 Å². The van der Waals surface area contributed by atoms with Crippen molar-refractivity contribution in [3.8, 4) is 0 Å². The second-order valence-electron chi connectivity index (χ2n) is 6.94. The highest BCUT2D eigenvalue weighted by atomic mass is 35.5. The molecule has 2 N–H and O–H groups in total. The van der Waals surface area contributed by atoms with Crippen LogP contribution in [0.4, 0.5) is 0 Å². The van der Waals surface area contributed by atoms with Crippen molar-refractivity contribution in [1.29, 1.82) is 0 Å². The first-order valence-electron chi connectivity index (χ1n) is 8.93. The Bertz CT molecular complexity index is 1330. The van der Waals surface area contributed by atoms with Gasteiger partial charge in [-0.15, -0.1) is 0 Å². The van der Waals surface area contributed by atoms with Gasteiger partial charge >= 0.3 is 5.69 Å². The summed E-state index contributed by atoms with van der Waals surface area (Å²) in [6, 6.07) is 7.37. The lowest BCUT2D eigenvalue weighted by Crippen LogP contribution is -2.39. The molecule has 1 unspecified atom stereocenters. The largest absolute Gasteiger partial charge is 0.357 e. The number of hydrogen-bond donors (Lipinski definition) is 2. The zero-order valence-corrected chi connectivity index (χ0v) is 16.8. The maximum atomic E-state index is 13.2. The van der Waals surface area contributed by atoms with Gasteiger partial charge in [-0.05, 0) is 32.2 Å². The van der Waals surface area contributed by atoms with Gasteiger partial charge in [-0.3, -0.25) is 13.9 Å². The minimum atomic E-state index is -0.413. The summed E-state index contributed by atoms with van der Waals surface area (Å²) in [5, 5.41) is 4.59. The molecule has 0 bridgehead atoms. The van der Waals surface area contributed by atoms with Gasteiger partial charge in [0.1, 0.15) is 5.82 Å². The first-order chi connectivity index (χ1) is 13.3. The topological polar surface area (TPSA) is 89.6 Å². The van der Waals surface area contributed by atoms with E-state index in [1.165, 1.54) is 9.13 Å². The standard InChI is InChI=1S/C19H21ClN6O2/c1-10(21-2)16-23-17-15(24(16)3)18(27)26(19(28)25(17)4)9-11-8-12-13(20)6-5-7-14(12)22-11/h5-8,10,21-22H,9H2,1-4H3. The van der Waals surface area contributed by atoms with Crippen molar-refractivity contribution < 1.29 is 0 Å². The van der Waals surface area contributed by atoms with Crippen molar-refractivity contribution in [2.45, 2.75) is 19.5 Å². The van der Waals surface area contributed by atoms with Crippen LogP contribution in [-0.2, 0) is 20.6 Å². The molecule has 1 aromatic carbocycles. The highest BCUT2D eigenvalue weighted by molar-refractivity contribution is 6.35. The van der Waals surface area contributed by atoms with Crippen LogP contribution in [0, 0.1) is 0 Å². The third kappa shape index (κ3) is 2.68. The molecule has 8 nitrogen and oxygen atoms in total. The predicted molar refractivity (Wildman–Crippen MR) is 110 cm³/mol. The molecule has 0 saturated heterocycles. The molecule has 146 valence electrons. The number of rotatable bonds is 4. The Labute approximate surface area is 165 Å². The molecule has 28 heavy (non-hydrogen) atoms. The number of imidazole rings is 1. The summed E-state index contributed by atoms with van der Waals surface area (Å²) >= 11 is 6.23. The number of benzene rings is 1.